The third-order valence-electron chi connectivity index (χ3n) is 5.09. The average molecular weight is 399 g/mol. The van der Waals surface area contributed by atoms with Crippen LogP contribution in [0.1, 0.15) is 17.9 Å². The van der Waals surface area contributed by atoms with Crippen LogP contribution in [-0.4, -0.2) is 37.8 Å². The molecule has 0 saturated heterocycles. The third kappa shape index (κ3) is 3.06. The molecule has 0 spiro atoms. The van der Waals surface area contributed by atoms with Gasteiger partial charge in [0.1, 0.15) is 12.4 Å². The number of aromatic hydroxyl groups is 1. The molecule has 8 heteroatoms. The van der Waals surface area contributed by atoms with Crippen LogP contribution in [0.3, 0.4) is 0 Å². The van der Waals surface area contributed by atoms with Crippen molar-refractivity contribution in [2.45, 2.75) is 12.3 Å². The molecule has 2 aromatic carbocycles. The number of rotatable bonds is 4. The van der Waals surface area contributed by atoms with Gasteiger partial charge in [0.25, 0.3) is 0 Å². The maximum atomic E-state index is 13.7. The summed E-state index contributed by atoms with van der Waals surface area (Å²) in [4.78, 5) is 26.8. The molecule has 7 nitrogen and oxygen atoms in total. The maximum absolute atomic E-state index is 13.7. The fraction of sp³-hybridized carbons (Fsp3) is 0.238. The monoisotopic (exact) mass is 399 g/mol. The second-order valence-corrected chi connectivity index (χ2v) is 6.68. The Bertz CT molecular complexity index is 1020. The molecule has 0 bridgehead atoms. The van der Waals surface area contributed by atoms with Crippen molar-refractivity contribution in [3.05, 3.63) is 59.0 Å². The van der Waals surface area contributed by atoms with Crippen LogP contribution in [0.4, 0.5) is 10.1 Å². The van der Waals surface area contributed by atoms with Gasteiger partial charge < -0.3 is 19.3 Å². The molecular formula is C21H18FNO6. The van der Waals surface area contributed by atoms with Gasteiger partial charge in [0.2, 0.25) is 11.7 Å². The van der Waals surface area contributed by atoms with Crippen LogP contribution < -0.4 is 14.4 Å². The van der Waals surface area contributed by atoms with Gasteiger partial charge in [0.15, 0.2) is 11.5 Å². The Kier molecular flexibility index (Phi) is 4.62. The maximum Gasteiger partial charge on any atom is 0.336 e. The number of hydrogen-bond acceptors (Lipinski definition) is 6. The molecule has 2 aliphatic rings. The standard InChI is InChI=1S/C21H18FNO6/c1-27-16-6-11(7-17(28-2)20(16)25)14-9-18(24)23(13-5-3-4-12(22)8-13)15-10-29-21(26)19(14)15/h3-8,14,25H,9-10H2,1-2H3/t14-/m0/s1. The molecule has 2 aromatic rings. The fourth-order valence-electron chi connectivity index (χ4n) is 3.77. The topological polar surface area (TPSA) is 85.3 Å². The summed E-state index contributed by atoms with van der Waals surface area (Å²) < 4.78 is 29.3. The van der Waals surface area contributed by atoms with Crippen LogP contribution in [-0.2, 0) is 14.3 Å². The average Bonchev–Trinajstić information content (AvgIpc) is 3.09. The van der Waals surface area contributed by atoms with Gasteiger partial charge in [-0.2, -0.15) is 0 Å². The van der Waals surface area contributed by atoms with Crippen molar-refractivity contribution in [3.8, 4) is 17.2 Å². The quantitative estimate of drug-likeness (QED) is 0.796. The Morgan fingerprint density at radius 2 is 1.83 bits per heavy atom. The number of ether oxygens (including phenoxy) is 3. The number of cyclic esters (lactones) is 1. The first kappa shape index (κ1) is 18.8. The minimum absolute atomic E-state index is 0.0401. The molecule has 0 aliphatic carbocycles. The molecule has 2 aliphatic heterocycles. The number of phenols is 1. The molecule has 0 saturated carbocycles. The van der Waals surface area contributed by atoms with Crippen molar-refractivity contribution in [1.82, 2.24) is 0 Å². The van der Waals surface area contributed by atoms with Crippen LogP contribution >= 0.6 is 0 Å². The van der Waals surface area contributed by atoms with E-state index < -0.39 is 17.7 Å². The molecular weight excluding hydrogens is 381 g/mol. The summed E-state index contributed by atoms with van der Waals surface area (Å²) >= 11 is 0. The molecule has 0 radical (unpaired) electrons. The number of phenolic OH excluding ortho intramolecular Hbond substituents is 1. The molecule has 1 atom stereocenters. The van der Waals surface area contributed by atoms with E-state index in [0.29, 0.717) is 22.5 Å². The second kappa shape index (κ2) is 7.12. The number of carbonyl (C=O) groups excluding carboxylic acids is 2. The van der Waals surface area contributed by atoms with E-state index in [1.165, 1.54) is 37.3 Å². The molecule has 150 valence electrons. The van der Waals surface area contributed by atoms with Gasteiger partial charge in [-0.25, -0.2) is 9.18 Å². The second-order valence-electron chi connectivity index (χ2n) is 6.68. The number of anilines is 1. The summed E-state index contributed by atoms with van der Waals surface area (Å²) in [6.07, 6.45) is -0.0401. The zero-order valence-electron chi connectivity index (χ0n) is 15.8. The van der Waals surface area contributed by atoms with Crippen LogP contribution in [0.5, 0.6) is 17.2 Å². The van der Waals surface area contributed by atoms with Gasteiger partial charge >= 0.3 is 5.97 Å². The van der Waals surface area contributed by atoms with Gasteiger partial charge in [0, 0.05) is 12.3 Å². The summed E-state index contributed by atoms with van der Waals surface area (Å²) in [5.74, 6) is -1.79. The third-order valence-corrected chi connectivity index (χ3v) is 5.09. The molecule has 29 heavy (non-hydrogen) atoms. The molecule has 1 amide bonds. The predicted octanol–water partition coefficient (Wildman–Crippen LogP) is 2.88. The van der Waals surface area contributed by atoms with E-state index in [9.17, 15) is 19.1 Å². The molecule has 0 unspecified atom stereocenters. The van der Waals surface area contributed by atoms with E-state index in [1.54, 1.807) is 18.2 Å². The van der Waals surface area contributed by atoms with E-state index in [4.69, 9.17) is 14.2 Å². The highest BCUT2D eigenvalue weighted by Crippen LogP contribution is 2.46. The molecule has 2 heterocycles. The van der Waals surface area contributed by atoms with Crippen molar-refractivity contribution in [1.29, 1.82) is 0 Å². The van der Waals surface area contributed by atoms with E-state index in [1.807, 2.05) is 0 Å². The fourth-order valence-corrected chi connectivity index (χ4v) is 3.77. The van der Waals surface area contributed by atoms with Crippen molar-refractivity contribution in [3.63, 3.8) is 0 Å². The Morgan fingerprint density at radius 3 is 2.45 bits per heavy atom. The smallest absolute Gasteiger partial charge is 0.336 e. The highest BCUT2D eigenvalue weighted by molar-refractivity contribution is 6.06. The van der Waals surface area contributed by atoms with Crippen LogP contribution in [0.25, 0.3) is 0 Å². The Morgan fingerprint density at radius 1 is 1.14 bits per heavy atom. The number of benzene rings is 2. The van der Waals surface area contributed by atoms with E-state index in [-0.39, 0.29) is 36.2 Å². The predicted molar refractivity (Wildman–Crippen MR) is 100 cm³/mol. The lowest BCUT2D eigenvalue weighted by molar-refractivity contribution is -0.136. The first-order valence-electron chi connectivity index (χ1n) is 8.88. The normalized spacial score (nSPS) is 18.6. The zero-order valence-corrected chi connectivity index (χ0v) is 15.8. The van der Waals surface area contributed by atoms with E-state index in [0.717, 1.165) is 0 Å². The first-order valence-corrected chi connectivity index (χ1v) is 8.88. The SMILES string of the molecule is COc1cc([C@@H]2CC(=O)N(c3cccc(F)c3)C3=C2C(=O)OC3)cc(OC)c1O. The van der Waals surface area contributed by atoms with Gasteiger partial charge in [0.05, 0.1) is 31.2 Å². The largest absolute Gasteiger partial charge is 0.502 e. The van der Waals surface area contributed by atoms with Crippen molar-refractivity contribution in [2.24, 2.45) is 0 Å². The number of halogens is 1. The molecule has 4 rings (SSSR count). The van der Waals surface area contributed by atoms with Gasteiger partial charge in [-0.1, -0.05) is 6.07 Å². The number of methoxy groups -OCH3 is 2. The van der Waals surface area contributed by atoms with Crippen molar-refractivity contribution in [2.75, 3.05) is 25.7 Å². The lowest BCUT2D eigenvalue weighted by atomic mass is 9.83. The van der Waals surface area contributed by atoms with Crippen LogP contribution in [0.15, 0.2) is 47.7 Å². The molecule has 1 N–H and O–H groups in total. The summed E-state index contributed by atoms with van der Waals surface area (Å²) in [5.41, 5.74) is 1.60. The lowest BCUT2D eigenvalue weighted by Crippen LogP contribution is -2.37. The van der Waals surface area contributed by atoms with Gasteiger partial charge in [-0.3, -0.25) is 9.69 Å². The van der Waals surface area contributed by atoms with Crippen molar-refractivity contribution < 1.29 is 33.3 Å². The van der Waals surface area contributed by atoms with Crippen LogP contribution in [0, 0.1) is 5.82 Å². The zero-order chi connectivity index (χ0) is 20.7. The minimum Gasteiger partial charge on any atom is -0.502 e. The number of nitrogens with zero attached hydrogens (tertiary/aromatic N) is 1. The number of amides is 1. The first-order chi connectivity index (χ1) is 13.9. The highest BCUT2D eigenvalue weighted by atomic mass is 19.1. The molecule has 0 fully saturated rings. The van der Waals surface area contributed by atoms with E-state index in [2.05, 4.69) is 0 Å². The molecule has 0 aromatic heterocycles. The summed E-state index contributed by atoms with van der Waals surface area (Å²) in [6, 6.07) is 8.73. The van der Waals surface area contributed by atoms with Crippen molar-refractivity contribution >= 4 is 17.6 Å². The number of esters is 1. The van der Waals surface area contributed by atoms with Gasteiger partial charge in [-0.05, 0) is 35.9 Å². The summed E-state index contributed by atoms with van der Waals surface area (Å²) in [5, 5.41) is 10.2. The van der Waals surface area contributed by atoms with E-state index >= 15 is 0 Å². The van der Waals surface area contributed by atoms with Gasteiger partial charge in [-0.15, -0.1) is 0 Å². The minimum atomic E-state index is -0.610. The lowest BCUT2D eigenvalue weighted by Gasteiger charge is -2.32. The highest BCUT2D eigenvalue weighted by Gasteiger charge is 2.43. The Labute approximate surface area is 165 Å². The summed E-state index contributed by atoms with van der Waals surface area (Å²) in [7, 11) is 2.79. The number of carbonyl (C=O) groups is 2. The Hall–Kier alpha value is -3.55. The number of hydrogen-bond donors (Lipinski definition) is 1. The van der Waals surface area contributed by atoms with Crippen LogP contribution in [0.2, 0.25) is 0 Å². The Balaban J connectivity index is 1.85. The summed E-state index contributed by atoms with van der Waals surface area (Å²) in [6.45, 7) is -0.0841.